The molecule has 118 valence electrons. The number of halogens is 2. The smallest absolute Gasteiger partial charge is 0.150 e. The van der Waals surface area contributed by atoms with Crippen molar-refractivity contribution in [3.63, 3.8) is 0 Å². The maximum absolute atomic E-state index is 6.93. The molecule has 0 heterocycles. The maximum Gasteiger partial charge on any atom is 0.235 e. The van der Waals surface area contributed by atoms with E-state index in [1.54, 1.807) is 0 Å². The first-order chi connectivity index (χ1) is 9.22. The number of rotatable bonds is 8. The molecule has 0 aromatic carbocycles. The van der Waals surface area contributed by atoms with Gasteiger partial charge in [0.2, 0.25) is 14.8 Å². The summed E-state index contributed by atoms with van der Waals surface area (Å²) in [5.41, 5.74) is 8.08. The molecule has 0 aliphatic rings. The molecule has 0 bridgehead atoms. The van der Waals surface area contributed by atoms with E-state index < -0.39 is 14.8 Å². The third kappa shape index (κ3) is 6.56. The third-order valence-corrected chi connectivity index (χ3v) is 15.6. The molecular formula is C16H32Cl2Si2. The van der Waals surface area contributed by atoms with Crippen LogP contribution >= 0.6 is 22.2 Å². The molecule has 0 spiro atoms. The van der Waals surface area contributed by atoms with Gasteiger partial charge in [-0.05, 0) is 23.2 Å². The van der Waals surface area contributed by atoms with E-state index in [1.165, 1.54) is 25.7 Å². The van der Waals surface area contributed by atoms with Gasteiger partial charge in [-0.1, -0.05) is 67.2 Å². The minimum atomic E-state index is -1.98. The number of unbranched alkanes of at least 4 members (excludes halogenated alkanes) is 2. The fraction of sp³-hybridized carbons (Fsp3) is 0.875. The van der Waals surface area contributed by atoms with E-state index in [-0.39, 0.29) is 0 Å². The minimum Gasteiger partial charge on any atom is -0.150 e. The summed E-state index contributed by atoms with van der Waals surface area (Å²) in [5.74, 6) is 0. The van der Waals surface area contributed by atoms with Gasteiger partial charge in [-0.2, -0.15) is 0 Å². The highest BCUT2D eigenvalue weighted by molar-refractivity contribution is 7.28. The Hall–Kier alpha value is 0.574. The summed E-state index contributed by atoms with van der Waals surface area (Å²) in [5, 5.41) is 0. The third-order valence-electron chi connectivity index (χ3n) is 4.10. The first-order valence-electron chi connectivity index (χ1n) is 8.14. The van der Waals surface area contributed by atoms with Crippen LogP contribution < -0.4 is 0 Å². The van der Waals surface area contributed by atoms with Crippen molar-refractivity contribution < 1.29 is 0 Å². The largest absolute Gasteiger partial charge is 0.235 e. The summed E-state index contributed by atoms with van der Waals surface area (Å²) in [6.45, 7) is 13.3. The van der Waals surface area contributed by atoms with Crippen molar-refractivity contribution in [3.05, 3.63) is 0 Å². The van der Waals surface area contributed by atoms with E-state index in [4.69, 9.17) is 22.2 Å². The van der Waals surface area contributed by atoms with E-state index in [0.717, 1.165) is 12.1 Å². The van der Waals surface area contributed by atoms with Crippen molar-refractivity contribution in [3.8, 4) is 11.1 Å². The topological polar surface area (TPSA) is 0 Å². The second-order valence-corrected chi connectivity index (χ2v) is 17.8. The van der Waals surface area contributed by atoms with Crippen LogP contribution in [0.2, 0.25) is 23.2 Å². The van der Waals surface area contributed by atoms with Gasteiger partial charge >= 0.3 is 0 Å². The Morgan fingerprint density at radius 1 is 0.750 bits per heavy atom. The zero-order valence-electron chi connectivity index (χ0n) is 14.2. The summed E-state index contributed by atoms with van der Waals surface area (Å²) in [7, 11) is -3.96. The number of hydrogen-bond acceptors (Lipinski definition) is 0. The summed E-state index contributed by atoms with van der Waals surface area (Å²) >= 11 is 13.9. The summed E-state index contributed by atoms with van der Waals surface area (Å²) in [4.78, 5) is 0. The maximum atomic E-state index is 6.93. The molecule has 0 aromatic heterocycles. The molecule has 0 fully saturated rings. The molecule has 0 aliphatic heterocycles. The van der Waals surface area contributed by atoms with E-state index in [9.17, 15) is 0 Å². The fourth-order valence-corrected chi connectivity index (χ4v) is 9.10. The molecule has 0 saturated carbocycles. The Labute approximate surface area is 138 Å². The monoisotopic (exact) mass is 350 g/mol. The molecule has 20 heavy (non-hydrogen) atoms. The zero-order valence-corrected chi connectivity index (χ0v) is 17.7. The van der Waals surface area contributed by atoms with Crippen LogP contribution in [0.5, 0.6) is 0 Å². The molecule has 0 saturated heterocycles. The summed E-state index contributed by atoms with van der Waals surface area (Å²) < 4.78 is 0. The van der Waals surface area contributed by atoms with Gasteiger partial charge in [-0.3, -0.25) is 0 Å². The number of hydrogen-bond donors (Lipinski definition) is 0. The highest BCUT2D eigenvalue weighted by atomic mass is 35.6. The highest BCUT2D eigenvalue weighted by Gasteiger charge is 2.36. The van der Waals surface area contributed by atoms with Crippen molar-refractivity contribution in [2.75, 3.05) is 0 Å². The van der Waals surface area contributed by atoms with Crippen LogP contribution in [0.4, 0.5) is 0 Å². The second-order valence-electron chi connectivity index (χ2n) is 6.49. The molecule has 0 aromatic rings. The van der Waals surface area contributed by atoms with Crippen LogP contribution in [0, 0.1) is 11.1 Å². The van der Waals surface area contributed by atoms with Crippen LogP contribution in [-0.2, 0) is 0 Å². The Morgan fingerprint density at radius 3 is 1.25 bits per heavy atom. The van der Waals surface area contributed by atoms with Gasteiger partial charge in [-0.25, -0.2) is 0 Å². The SMILES string of the molecule is CCCC[Si](Cl)(C#C[Si](Cl)(CCCC)C(C)C)C(C)C. The van der Waals surface area contributed by atoms with Gasteiger partial charge in [0.15, 0.2) is 0 Å². The lowest BCUT2D eigenvalue weighted by Crippen LogP contribution is -2.34. The molecular weight excluding hydrogens is 319 g/mol. The summed E-state index contributed by atoms with van der Waals surface area (Å²) in [6, 6.07) is 2.20. The predicted octanol–water partition coefficient (Wildman–Crippen LogP) is 6.86. The fourth-order valence-electron chi connectivity index (χ4n) is 2.07. The van der Waals surface area contributed by atoms with Crippen LogP contribution in [-0.4, -0.2) is 14.8 Å². The van der Waals surface area contributed by atoms with Gasteiger partial charge in [0.25, 0.3) is 0 Å². The molecule has 0 aliphatic carbocycles. The lowest BCUT2D eigenvalue weighted by molar-refractivity contribution is 0.858. The predicted molar refractivity (Wildman–Crippen MR) is 101 cm³/mol. The normalized spacial score (nSPS) is 17.5. The average molecular weight is 352 g/mol. The standard InChI is InChI=1S/C16H32Cl2Si2/c1-7-9-11-19(17,15(3)4)13-14-20(18,16(5)6)12-10-8-2/h15-16H,7-12H2,1-6H3. The van der Waals surface area contributed by atoms with Crippen LogP contribution in [0.15, 0.2) is 0 Å². The highest BCUT2D eigenvalue weighted by Crippen LogP contribution is 2.33. The minimum absolute atomic E-state index is 0.497. The Balaban J connectivity index is 5.16. The van der Waals surface area contributed by atoms with E-state index >= 15 is 0 Å². The van der Waals surface area contributed by atoms with Crippen molar-refractivity contribution in [2.24, 2.45) is 0 Å². The van der Waals surface area contributed by atoms with Gasteiger partial charge in [0, 0.05) is 0 Å². The molecule has 0 N–H and O–H groups in total. The van der Waals surface area contributed by atoms with E-state index in [2.05, 4.69) is 52.6 Å². The van der Waals surface area contributed by atoms with Gasteiger partial charge in [0.1, 0.15) is 0 Å². The van der Waals surface area contributed by atoms with Crippen LogP contribution in [0.3, 0.4) is 0 Å². The molecule has 0 radical (unpaired) electrons. The lowest BCUT2D eigenvalue weighted by Gasteiger charge is -2.26. The van der Waals surface area contributed by atoms with Crippen molar-refractivity contribution >= 4 is 36.9 Å². The first kappa shape index (κ1) is 20.6. The van der Waals surface area contributed by atoms with Gasteiger partial charge in [-0.15, -0.1) is 33.2 Å². The molecule has 0 rings (SSSR count). The zero-order chi connectivity index (χ0) is 15.8. The van der Waals surface area contributed by atoms with Crippen molar-refractivity contribution in [1.82, 2.24) is 0 Å². The first-order valence-corrected chi connectivity index (χ1v) is 14.7. The lowest BCUT2D eigenvalue weighted by atomic mass is 10.4. The molecule has 2 unspecified atom stereocenters. The Bertz CT molecular complexity index is 303. The van der Waals surface area contributed by atoms with E-state index in [1.807, 2.05) is 0 Å². The van der Waals surface area contributed by atoms with Crippen molar-refractivity contribution in [1.29, 1.82) is 0 Å². The van der Waals surface area contributed by atoms with Crippen LogP contribution in [0.1, 0.15) is 67.2 Å². The molecule has 0 amide bonds. The van der Waals surface area contributed by atoms with Crippen LogP contribution in [0.25, 0.3) is 0 Å². The average Bonchev–Trinajstić information content (AvgIpc) is 2.40. The molecule has 0 nitrogen and oxygen atoms in total. The molecule has 4 heteroatoms. The van der Waals surface area contributed by atoms with Gasteiger partial charge < -0.3 is 0 Å². The second kappa shape index (κ2) is 9.56. The van der Waals surface area contributed by atoms with Gasteiger partial charge in [0.05, 0.1) is 0 Å². The van der Waals surface area contributed by atoms with E-state index in [0.29, 0.717) is 11.1 Å². The Morgan fingerprint density at radius 2 is 1.05 bits per heavy atom. The van der Waals surface area contributed by atoms with Crippen molar-refractivity contribution in [2.45, 2.75) is 90.4 Å². The molecule has 2 atom stereocenters. The summed E-state index contributed by atoms with van der Waals surface area (Å²) in [6.07, 6.45) is 4.77. The Kier molecular flexibility index (Phi) is 9.84. The quantitative estimate of drug-likeness (QED) is 0.255.